The van der Waals surface area contributed by atoms with Gasteiger partial charge < -0.3 is 10.2 Å². The van der Waals surface area contributed by atoms with Crippen LogP contribution in [0.4, 0.5) is 0 Å². The van der Waals surface area contributed by atoms with Crippen molar-refractivity contribution in [2.24, 2.45) is 5.41 Å². The van der Waals surface area contributed by atoms with Gasteiger partial charge in [-0.3, -0.25) is 0 Å². The van der Waals surface area contributed by atoms with Crippen molar-refractivity contribution in [1.82, 2.24) is 10.2 Å². The topological polar surface area (TPSA) is 39.1 Å². The minimum absolute atomic E-state index is 0.156. The molecule has 1 heterocycles. The van der Waals surface area contributed by atoms with Crippen molar-refractivity contribution in [3.63, 3.8) is 0 Å². The first-order valence-corrected chi connectivity index (χ1v) is 7.39. The molecule has 0 radical (unpaired) electrons. The number of piperidine rings is 1. The molecule has 1 N–H and O–H groups in total. The van der Waals surface area contributed by atoms with Gasteiger partial charge in [0.25, 0.3) is 0 Å². The van der Waals surface area contributed by atoms with Gasteiger partial charge in [0, 0.05) is 6.04 Å². The number of hydrogen-bond donors (Lipinski definition) is 1. The van der Waals surface area contributed by atoms with Crippen LogP contribution in [0.2, 0.25) is 0 Å². The number of rotatable bonds is 7. The molecule has 18 heavy (non-hydrogen) atoms. The van der Waals surface area contributed by atoms with Gasteiger partial charge in [0.05, 0.1) is 11.5 Å². The summed E-state index contributed by atoms with van der Waals surface area (Å²) in [6.45, 7) is 7.62. The molecule has 1 aliphatic heterocycles. The van der Waals surface area contributed by atoms with Gasteiger partial charge in [-0.05, 0) is 72.6 Å². The van der Waals surface area contributed by atoms with Crippen molar-refractivity contribution in [1.29, 1.82) is 5.26 Å². The van der Waals surface area contributed by atoms with E-state index in [-0.39, 0.29) is 5.41 Å². The van der Waals surface area contributed by atoms with Crippen LogP contribution in [0.1, 0.15) is 52.4 Å². The molecule has 0 bridgehead atoms. The third-order valence-electron chi connectivity index (χ3n) is 4.03. The summed E-state index contributed by atoms with van der Waals surface area (Å²) in [5.41, 5.74) is -0.156. The number of nitrogens with zero attached hydrogens (tertiary/aromatic N) is 2. The Morgan fingerprint density at radius 1 is 1.39 bits per heavy atom. The average molecular weight is 251 g/mol. The average Bonchev–Trinajstić information content (AvgIpc) is 2.37. The molecule has 1 rings (SSSR count). The van der Waals surface area contributed by atoms with Crippen LogP contribution in [-0.4, -0.2) is 37.6 Å². The quantitative estimate of drug-likeness (QED) is 0.756. The van der Waals surface area contributed by atoms with E-state index in [1.807, 2.05) is 20.9 Å². The predicted molar refractivity (Wildman–Crippen MR) is 76.4 cm³/mol. The molecule has 1 unspecified atom stereocenters. The van der Waals surface area contributed by atoms with Gasteiger partial charge in [0.1, 0.15) is 0 Å². The molecule has 0 aromatic heterocycles. The maximum atomic E-state index is 9.03. The second kappa shape index (κ2) is 7.76. The molecule has 0 aromatic rings. The molecule has 0 aliphatic carbocycles. The molecule has 1 saturated heterocycles. The Morgan fingerprint density at radius 3 is 2.83 bits per heavy atom. The molecule has 0 saturated carbocycles. The van der Waals surface area contributed by atoms with Crippen molar-refractivity contribution >= 4 is 0 Å². The summed E-state index contributed by atoms with van der Waals surface area (Å²) in [5.74, 6) is 0. The molecule has 1 aliphatic rings. The van der Waals surface area contributed by atoms with E-state index in [0.717, 1.165) is 25.4 Å². The third kappa shape index (κ3) is 5.37. The third-order valence-corrected chi connectivity index (χ3v) is 4.03. The predicted octanol–water partition coefficient (Wildman–Crippen LogP) is 2.78. The van der Waals surface area contributed by atoms with Crippen LogP contribution in [-0.2, 0) is 0 Å². The first-order valence-electron chi connectivity index (χ1n) is 7.39. The zero-order valence-corrected chi connectivity index (χ0v) is 12.3. The Balaban J connectivity index is 2.31. The van der Waals surface area contributed by atoms with Crippen LogP contribution in [0, 0.1) is 16.7 Å². The Labute approximate surface area is 113 Å². The molecule has 3 nitrogen and oxygen atoms in total. The second-order valence-corrected chi connectivity index (χ2v) is 6.18. The van der Waals surface area contributed by atoms with E-state index in [1.165, 1.54) is 38.8 Å². The SMILES string of the molecule is CNCCC1CCCCN1CCCC(C)(C)C#N. The lowest BCUT2D eigenvalue weighted by Crippen LogP contribution is -2.41. The molecule has 1 atom stereocenters. The van der Waals surface area contributed by atoms with Crippen LogP contribution in [0.5, 0.6) is 0 Å². The highest BCUT2D eigenvalue weighted by Crippen LogP contribution is 2.24. The van der Waals surface area contributed by atoms with Crippen molar-refractivity contribution < 1.29 is 0 Å². The summed E-state index contributed by atoms with van der Waals surface area (Å²) in [6, 6.07) is 3.16. The fourth-order valence-corrected chi connectivity index (χ4v) is 2.77. The lowest BCUT2D eigenvalue weighted by molar-refractivity contribution is 0.134. The largest absolute Gasteiger partial charge is 0.320 e. The molecule has 104 valence electrons. The molecular weight excluding hydrogens is 222 g/mol. The van der Waals surface area contributed by atoms with Gasteiger partial charge in [-0.25, -0.2) is 0 Å². The van der Waals surface area contributed by atoms with Gasteiger partial charge in [0.15, 0.2) is 0 Å². The van der Waals surface area contributed by atoms with E-state index < -0.39 is 0 Å². The highest BCUT2D eigenvalue weighted by Gasteiger charge is 2.22. The summed E-state index contributed by atoms with van der Waals surface area (Å²) in [5, 5.41) is 12.3. The number of nitriles is 1. The smallest absolute Gasteiger partial charge is 0.0683 e. The Hall–Kier alpha value is -0.590. The molecule has 0 amide bonds. The lowest BCUT2D eigenvalue weighted by atomic mass is 9.89. The minimum Gasteiger partial charge on any atom is -0.320 e. The summed E-state index contributed by atoms with van der Waals surface area (Å²) in [6.07, 6.45) is 7.50. The van der Waals surface area contributed by atoms with Gasteiger partial charge in [-0.1, -0.05) is 6.42 Å². The van der Waals surface area contributed by atoms with E-state index in [2.05, 4.69) is 16.3 Å². The number of hydrogen-bond acceptors (Lipinski definition) is 3. The Kier molecular flexibility index (Phi) is 6.67. The standard InChI is InChI=1S/C15H29N3/c1-15(2,13-16)9-6-12-18-11-5-4-7-14(18)8-10-17-3/h14,17H,4-12H2,1-3H3. The van der Waals surface area contributed by atoms with Gasteiger partial charge in [0.2, 0.25) is 0 Å². The van der Waals surface area contributed by atoms with Crippen LogP contribution >= 0.6 is 0 Å². The van der Waals surface area contributed by atoms with E-state index >= 15 is 0 Å². The monoisotopic (exact) mass is 251 g/mol. The summed E-state index contributed by atoms with van der Waals surface area (Å²) < 4.78 is 0. The molecule has 0 spiro atoms. The van der Waals surface area contributed by atoms with E-state index in [0.29, 0.717) is 0 Å². The lowest BCUT2D eigenvalue weighted by Gasteiger charge is -2.36. The highest BCUT2D eigenvalue weighted by molar-refractivity contribution is 4.91. The first-order chi connectivity index (χ1) is 8.59. The summed E-state index contributed by atoms with van der Waals surface area (Å²) in [7, 11) is 2.03. The van der Waals surface area contributed by atoms with Crippen molar-refractivity contribution in [2.75, 3.05) is 26.7 Å². The molecule has 1 fully saturated rings. The van der Waals surface area contributed by atoms with Crippen LogP contribution in [0.25, 0.3) is 0 Å². The zero-order chi connectivity index (χ0) is 13.4. The highest BCUT2D eigenvalue weighted by atomic mass is 15.2. The Bertz CT molecular complexity index is 267. The van der Waals surface area contributed by atoms with Crippen molar-refractivity contribution in [2.45, 2.75) is 58.4 Å². The second-order valence-electron chi connectivity index (χ2n) is 6.18. The first kappa shape index (κ1) is 15.5. The van der Waals surface area contributed by atoms with E-state index in [9.17, 15) is 0 Å². The van der Waals surface area contributed by atoms with Gasteiger partial charge in [-0.15, -0.1) is 0 Å². The van der Waals surface area contributed by atoms with Gasteiger partial charge >= 0.3 is 0 Å². The van der Waals surface area contributed by atoms with E-state index in [1.54, 1.807) is 0 Å². The summed E-state index contributed by atoms with van der Waals surface area (Å²) >= 11 is 0. The number of likely N-dealkylation sites (tertiary alicyclic amines) is 1. The van der Waals surface area contributed by atoms with Crippen LogP contribution in [0.15, 0.2) is 0 Å². The van der Waals surface area contributed by atoms with E-state index in [4.69, 9.17) is 5.26 Å². The summed E-state index contributed by atoms with van der Waals surface area (Å²) in [4.78, 5) is 2.65. The molecular formula is C15H29N3. The number of nitrogens with one attached hydrogen (secondary N) is 1. The maximum absolute atomic E-state index is 9.03. The minimum atomic E-state index is -0.156. The fraction of sp³-hybridized carbons (Fsp3) is 0.933. The van der Waals surface area contributed by atoms with Gasteiger partial charge in [-0.2, -0.15) is 5.26 Å². The molecule has 3 heteroatoms. The normalized spacial score (nSPS) is 21.8. The maximum Gasteiger partial charge on any atom is 0.0683 e. The fourth-order valence-electron chi connectivity index (χ4n) is 2.77. The van der Waals surface area contributed by atoms with Crippen LogP contribution < -0.4 is 5.32 Å². The van der Waals surface area contributed by atoms with Crippen molar-refractivity contribution in [3.05, 3.63) is 0 Å². The van der Waals surface area contributed by atoms with Crippen LogP contribution in [0.3, 0.4) is 0 Å². The zero-order valence-electron chi connectivity index (χ0n) is 12.3. The molecule has 0 aromatic carbocycles. The van der Waals surface area contributed by atoms with Crippen molar-refractivity contribution in [3.8, 4) is 6.07 Å². The Morgan fingerprint density at radius 2 is 2.17 bits per heavy atom.